The molecule has 2 unspecified atom stereocenters. The maximum absolute atomic E-state index is 12.0. The topological polar surface area (TPSA) is 66.8 Å². The van der Waals surface area contributed by atoms with Crippen LogP contribution >= 0.6 is 0 Å². The number of carboxylic acid groups (broad SMARTS) is 1. The minimum Gasteiger partial charge on any atom is -0.466 e. The first-order valence-corrected chi connectivity index (χ1v) is 6.33. The molecular weight excluding hydrogens is 246 g/mol. The highest BCUT2D eigenvalue weighted by molar-refractivity contribution is 5.76. The standard InChI is InChI=1S/C14H17NO4/c1-2-19-13(16)12-9-15(14(17)18)8-11(12)10-6-4-3-5-7-10/h3-7,11-12H,2,8-9H2,1H3,(H,17,18). The molecule has 102 valence electrons. The van der Waals surface area contributed by atoms with Crippen molar-refractivity contribution >= 4 is 12.1 Å². The predicted molar refractivity (Wildman–Crippen MR) is 68.9 cm³/mol. The maximum atomic E-state index is 12.0. The van der Waals surface area contributed by atoms with Crippen LogP contribution in [0, 0.1) is 5.92 Å². The summed E-state index contributed by atoms with van der Waals surface area (Å²) in [5.74, 6) is -0.866. The van der Waals surface area contributed by atoms with Crippen LogP contribution in [-0.4, -0.2) is 41.8 Å². The number of likely N-dealkylation sites (tertiary alicyclic amines) is 1. The third-order valence-corrected chi connectivity index (χ3v) is 3.41. The molecule has 1 aliphatic rings. The van der Waals surface area contributed by atoms with Crippen molar-refractivity contribution in [1.82, 2.24) is 4.90 Å². The molecule has 1 fully saturated rings. The third-order valence-electron chi connectivity index (χ3n) is 3.41. The lowest BCUT2D eigenvalue weighted by atomic mass is 9.89. The average Bonchev–Trinajstić information content (AvgIpc) is 2.85. The van der Waals surface area contributed by atoms with Gasteiger partial charge in [0.05, 0.1) is 12.5 Å². The summed E-state index contributed by atoms with van der Waals surface area (Å²) in [6.07, 6.45) is -0.993. The smallest absolute Gasteiger partial charge is 0.407 e. The summed E-state index contributed by atoms with van der Waals surface area (Å²) in [5, 5.41) is 9.08. The molecule has 5 heteroatoms. The van der Waals surface area contributed by atoms with Crippen LogP contribution in [-0.2, 0) is 9.53 Å². The van der Waals surface area contributed by atoms with E-state index in [-0.39, 0.29) is 18.4 Å². The van der Waals surface area contributed by atoms with Gasteiger partial charge in [-0.1, -0.05) is 30.3 Å². The van der Waals surface area contributed by atoms with Crippen LogP contribution in [0.5, 0.6) is 0 Å². The minimum absolute atomic E-state index is 0.128. The molecule has 0 saturated carbocycles. The molecule has 2 rings (SSSR count). The summed E-state index contributed by atoms with van der Waals surface area (Å²) < 4.78 is 5.05. The van der Waals surface area contributed by atoms with Crippen molar-refractivity contribution in [3.05, 3.63) is 35.9 Å². The van der Waals surface area contributed by atoms with Crippen LogP contribution < -0.4 is 0 Å². The first-order valence-electron chi connectivity index (χ1n) is 6.33. The second-order valence-corrected chi connectivity index (χ2v) is 4.56. The van der Waals surface area contributed by atoms with E-state index >= 15 is 0 Å². The Kier molecular flexibility index (Phi) is 4.04. The Morgan fingerprint density at radius 2 is 2.00 bits per heavy atom. The van der Waals surface area contributed by atoms with Crippen LogP contribution in [0.1, 0.15) is 18.4 Å². The fraction of sp³-hybridized carbons (Fsp3) is 0.429. The Hall–Kier alpha value is -2.04. The van der Waals surface area contributed by atoms with Crippen molar-refractivity contribution in [1.29, 1.82) is 0 Å². The van der Waals surface area contributed by atoms with Crippen LogP contribution in [0.15, 0.2) is 30.3 Å². The maximum Gasteiger partial charge on any atom is 0.407 e. The zero-order valence-electron chi connectivity index (χ0n) is 10.8. The Bertz CT molecular complexity index is 460. The molecule has 0 bridgehead atoms. The van der Waals surface area contributed by atoms with Gasteiger partial charge in [0, 0.05) is 19.0 Å². The first-order chi connectivity index (χ1) is 9.13. The lowest BCUT2D eigenvalue weighted by molar-refractivity contribution is -0.147. The molecule has 1 aromatic rings. The molecule has 1 N–H and O–H groups in total. The Labute approximate surface area is 111 Å². The molecule has 0 radical (unpaired) electrons. The fourth-order valence-electron chi connectivity index (χ4n) is 2.49. The molecule has 1 aromatic carbocycles. The van der Waals surface area contributed by atoms with Crippen molar-refractivity contribution in [2.24, 2.45) is 5.92 Å². The molecule has 5 nitrogen and oxygen atoms in total. The van der Waals surface area contributed by atoms with Gasteiger partial charge in [-0.05, 0) is 12.5 Å². The monoisotopic (exact) mass is 263 g/mol. The van der Waals surface area contributed by atoms with E-state index in [1.54, 1.807) is 6.92 Å². The molecule has 1 saturated heterocycles. The molecule has 1 heterocycles. The van der Waals surface area contributed by atoms with Gasteiger partial charge in [-0.2, -0.15) is 0 Å². The van der Waals surface area contributed by atoms with Crippen LogP contribution in [0.2, 0.25) is 0 Å². The molecule has 1 amide bonds. The summed E-state index contributed by atoms with van der Waals surface area (Å²) in [6.45, 7) is 2.60. The van der Waals surface area contributed by atoms with Gasteiger partial charge in [-0.15, -0.1) is 0 Å². The predicted octanol–water partition coefficient (Wildman–Crippen LogP) is 1.94. The highest BCUT2D eigenvalue weighted by atomic mass is 16.5. The molecule has 1 aliphatic heterocycles. The molecule has 0 aliphatic carbocycles. The van der Waals surface area contributed by atoms with Gasteiger partial charge in [0.15, 0.2) is 0 Å². The van der Waals surface area contributed by atoms with Gasteiger partial charge in [0.2, 0.25) is 0 Å². The number of carbonyl (C=O) groups excluding carboxylic acids is 1. The molecule has 2 atom stereocenters. The quantitative estimate of drug-likeness (QED) is 0.846. The summed E-state index contributed by atoms with van der Waals surface area (Å²) in [4.78, 5) is 24.3. The SMILES string of the molecule is CCOC(=O)C1CN(C(=O)O)CC1c1ccccc1. The summed E-state index contributed by atoms with van der Waals surface area (Å²) in [7, 11) is 0. The number of ether oxygens (including phenoxy) is 1. The summed E-state index contributed by atoms with van der Waals surface area (Å²) in [6, 6.07) is 9.51. The van der Waals surface area contributed by atoms with Gasteiger partial charge >= 0.3 is 12.1 Å². The normalized spacial score (nSPS) is 22.3. The minimum atomic E-state index is -0.993. The van der Waals surface area contributed by atoms with Crippen molar-refractivity contribution < 1.29 is 19.4 Å². The number of esters is 1. The van der Waals surface area contributed by atoms with E-state index in [1.807, 2.05) is 30.3 Å². The van der Waals surface area contributed by atoms with Crippen molar-refractivity contribution in [2.45, 2.75) is 12.8 Å². The third kappa shape index (κ3) is 2.86. The fourth-order valence-corrected chi connectivity index (χ4v) is 2.49. The number of carbonyl (C=O) groups is 2. The van der Waals surface area contributed by atoms with Gasteiger partial charge in [0.1, 0.15) is 0 Å². The van der Waals surface area contributed by atoms with E-state index in [9.17, 15) is 9.59 Å². The zero-order chi connectivity index (χ0) is 13.8. The highest BCUT2D eigenvalue weighted by Gasteiger charge is 2.41. The average molecular weight is 263 g/mol. The number of hydrogen-bond acceptors (Lipinski definition) is 3. The zero-order valence-corrected chi connectivity index (χ0v) is 10.8. The number of benzene rings is 1. The van der Waals surface area contributed by atoms with Gasteiger partial charge in [-0.25, -0.2) is 4.79 Å². The van der Waals surface area contributed by atoms with E-state index in [2.05, 4.69) is 0 Å². The Morgan fingerprint density at radius 1 is 1.32 bits per heavy atom. The molecule has 0 aromatic heterocycles. The number of rotatable bonds is 3. The summed E-state index contributed by atoms with van der Waals surface area (Å²) >= 11 is 0. The highest BCUT2D eigenvalue weighted by Crippen LogP contribution is 2.33. The van der Waals surface area contributed by atoms with E-state index in [4.69, 9.17) is 9.84 Å². The molecule has 19 heavy (non-hydrogen) atoms. The van der Waals surface area contributed by atoms with Crippen molar-refractivity contribution in [3.63, 3.8) is 0 Å². The van der Waals surface area contributed by atoms with Crippen LogP contribution in [0.3, 0.4) is 0 Å². The Balaban J connectivity index is 2.22. The largest absolute Gasteiger partial charge is 0.466 e. The second-order valence-electron chi connectivity index (χ2n) is 4.56. The van der Waals surface area contributed by atoms with Crippen molar-refractivity contribution in [3.8, 4) is 0 Å². The van der Waals surface area contributed by atoms with Crippen LogP contribution in [0.25, 0.3) is 0 Å². The first kappa shape index (κ1) is 13.4. The number of nitrogens with zero attached hydrogens (tertiary/aromatic N) is 1. The Morgan fingerprint density at radius 3 is 2.58 bits per heavy atom. The van der Waals surface area contributed by atoms with Gasteiger partial charge < -0.3 is 14.7 Å². The van der Waals surface area contributed by atoms with Crippen molar-refractivity contribution in [2.75, 3.05) is 19.7 Å². The van der Waals surface area contributed by atoms with Gasteiger partial charge in [0.25, 0.3) is 0 Å². The number of hydrogen-bond donors (Lipinski definition) is 1. The molecule has 0 spiro atoms. The van der Waals surface area contributed by atoms with E-state index in [1.165, 1.54) is 4.90 Å². The summed E-state index contributed by atoms with van der Waals surface area (Å²) in [5.41, 5.74) is 0.976. The lowest BCUT2D eigenvalue weighted by Crippen LogP contribution is -2.28. The van der Waals surface area contributed by atoms with Gasteiger partial charge in [-0.3, -0.25) is 4.79 Å². The van der Waals surface area contributed by atoms with E-state index < -0.39 is 12.0 Å². The van der Waals surface area contributed by atoms with E-state index in [0.29, 0.717) is 13.2 Å². The number of amides is 1. The second kappa shape index (κ2) is 5.73. The van der Waals surface area contributed by atoms with E-state index in [0.717, 1.165) is 5.56 Å². The van der Waals surface area contributed by atoms with Crippen LogP contribution in [0.4, 0.5) is 4.79 Å². The lowest BCUT2D eigenvalue weighted by Gasteiger charge is -2.16. The molecular formula is C14H17NO4.